The zero-order valence-corrected chi connectivity index (χ0v) is 15.0. The van der Waals surface area contributed by atoms with Crippen molar-refractivity contribution < 1.29 is 9.53 Å². The molecule has 0 radical (unpaired) electrons. The number of fused-ring (bicyclic) bond motifs is 1. The van der Waals surface area contributed by atoms with Gasteiger partial charge in [0.05, 0.1) is 17.2 Å². The number of pyridine rings is 1. The van der Waals surface area contributed by atoms with Crippen LogP contribution in [0.3, 0.4) is 0 Å². The highest BCUT2D eigenvalue weighted by atomic mass is 35.5. The van der Waals surface area contributed by atoms with E-state index in [1.165, 1.54) is 5.56 Å². The summed E-state index contributed by atoms with van der Waals surface area (Å²) in [6.45, 7) is 2.88. The van der Waals surface area contributed by atoms with E-state index in [0.29, 0.717) is 22.3 Å². The molecule has 1 unspecified atom stereocenters. The maximum absolute atomic E-state index is 12.3. The van der Waals surface area contributed by atoms with Crippen LogP contribution in [0.1, 0.15) is 28.8 Å². The lowest BCUT2D eigenvalue weighted by Gasteiger charge is -2.08. The van der Waals surface area contributed by atoms with Gasteiger partial charge in [0.1, 0.15) is 11.6 Å². The van der Waals surface area contributed by atoms with Crippen molar-refractivity contribution in [1.29, 1.82) is 0 Å². The van der Waals surface area contributed by atoms with Gasteiger partial charge in [-0.05, 0) is 42.0 Å². The smallest absolute Gasteiger partial charge is 0.258 e. The summed E-state index contributed by atoms with van der Waals surface area (Å²) in [5, 5.41) is 3.19. The first kappa shape index (κ1) is 16.6. The summed E-state index contributed by atoms with van der Waals surface area (Å²) < 4.78 is 5.64. The molecule has 5 heteroatoms. The lowest BCUT2D eigenvalue weighted by Crippen LogP contribution is -2.13. The van der Waals surface area contributed by atoms with E-state index in [-0.39, 0.29) is 5.91 Å². The summed E-state index contributed by atoms with van der Waals surface area (Å²) in [6.07, 6.45) is 1.75. The minimum Gasteiger partial charge on any atom is -0.493 e. The molecule has 1 amide bonds. The van der Waals surface area contributed by atoms with Gasteiger partial charge >= 0.3 is 0 Å². The normalized spacial score (nSPS) is 15.2. The number of aromatic nitrogens is 1. The van der Waals surface area contributed by atoms with Gasteiger partial charge in [0.25, 0.3) is 5.91 Å². The van der Waals surface area contributed by atoms with E-state index in [4.69, 9.17) is 16.3 Å². The van der Waals surface area contributed by atoms with Crippen LogP contribution >= 0.6 is 11.6 Å². The molecule has 3 aromatic rings. The molecule has 2 aromatic carbocycles. The van der Waals surface area contributed by atoms with Gasteiger partial charge in [-0.25, -0.2) is 4.98 Å². The molecule has 2 heterocycles. The topological polar surface area (TPSA) is 51.2 Å². The molecule has 0 saturated heterocycles. The Morgan fingerprint density at radius 1 is 1.15 bits per heavy atom. The molecular weight excluding hydrogens is 348 g/mol. The number of ether oxygens (including phenoxy) is 1. The first-order chi connectivity index (χ1) is 12.6. The zero-order valence-electron chi connectivity index (χ0n) is 14.2. The second-order valence-corrected chi connectivity index (χ2v) is 6.74. The van der Waals surface area contributed by atoms with Crippen molar-refractivity contribution in [3.8, 4) is 16.9 Å². The van der Waals surface area contributed by atoms with Crippen molar-refractivity contribution in [3.63, 3.8) is 0 Å². The van der Waals surface area contributed by atoms with Gasteiger partial charge in [-0.2, -0.15) is 0 Å². The maximum Gasteiger partial charge on any atom is 0.258 e. The molecule has 130 valence electrons. The third-order valence-corrected chi connectivity index (χ3v) is 4.82. The van der Waals surface area contributed by atoms with E-state index in [0.717, 1.165) is 23.5 Å². The van der Waals surface area contributed by atoms with Gasteiger partial charge in [0.15, 0.2) is 0 Å². The summed E-state index contributed by atoms with van der Waals surface area (Å²) in [7, 11) is 0. The number of amides is 1. The first-order valence-electron chi connectivity index (χ1n) is 8.41. The molecule has 4 nitrogen and oxygen atoms in total. The number of rotatable bonds is 3. The molecule has 1 aromatic heterocycles. The van der Waals surface area contributed by atoms with E-state index in [2.05, 4.69) is 23.3 Å². The van der Waals surface area contributed by atoms with Crippen LogP contribution in [0, 0.1) is 0 Å². The molecule has 0 fully saturated rings. The average molecular weight is 365 g/mol. The standard InChI is InChI=1S/C21H17ClN2O2/c1-13-12-26-19-8-6-14(10-17(13)19)15-7-9-20(23-11-15)24-21(25)16-4-2-3-5-18(16)22/h2-11,13H,12H2,1H3,(H,23,24,25). The highest BCUT2D eigenvalue weighted by Gasteiger charge is 2.20. The van der Waals surface area contributed by atoms with Crippen molar-refractivity contribution in [2.45, 2.75) is 12.8 Å². The van der Waals surface area contributed by atoms with Crippen LogP contribution in [0.4, 0.5) is 5.82 Å². The fourth-order valence-corrected chi connectivity index (χ4v) is 3.24. The predicted molar refractivity (Wildman–Crippen MR) is 103 cm³/mol. The molecule has 0 bridgehead atoms. The number of hydrogen-bond acceptors (Lipinski definition) is 3. The van der Waals surface area contributed by atoms with Crippen LogP contribution in [0.5, 0.6) is 5.75 Å². The van der Waals surface area contributed by atoms with Crippen molar-refractivity contribution in [3.05, 3.63) is 76.9 Å². The molecule has 0 saturated carbocycles. The Labute approximate surface area is 156 Å². The third-order valence-electron chi connectivity index (χ3n) is 4.49. The summed E-state index contributed by atoms with van der Waals surface area (Å²) in [5.74, 6) is 1.56. The Hall–Kier alpha value is -2.85. The van der Waals surface area contributed by atoms with Gasteiger partial charge in [0.2, 0.25) is 0 Å². The number of carbonyl (C=O) groups excluding carboxylic acids is 1. The number of benzene rings is 2. The summed E-state index contributed by atoms with van der Waals surface area (Å²) in [5.41, 5.74) is 3.71. The monoisotopic (exact) mass is 364 g/mol. The van der Waals surface area contributed by atoms with Gasteiger partial charge in [0, 0.05) is 23.2 Å². The van der Waals surface area contributed by atoms with Crippen molar-refractivity contribution in [2.75, 3.05) is 11.9 Å². The Morgan fingerprint density at radius 2 is 1.96 bits per heavy atom. The summed E-state index contributed by atoms with van der Waals surface area (Å²) >= 11 is 6.06. The lowest BCUT2D eigenvalue weighted by atomic mass is 9.98. The van der Waals surface area contributed by atoms with E-state index in [1.54, 1.807) is 36.5 Å². The SMILES string of the molecule is CC1COc2ccc(-c3ccc(NC(=O)c4ccccc4Cl)nc3)cc21. The van der Waals surface area contributed by atoms with Crippen LogP contribution in [-0.4, -0.2) is 17.5 Å². The Balaban J connectivity index is 1.53. The van der Waals surface area contributed by atoms with E-state index in [9.17, 15) is 4.79 Å². The van der Waals surface area contributed by atoms with Crippen molar-refractivity contribution in [2.24, 2.45) is 0 Å². The molecule has 1 atom stereocenters. The number of carbonyl (C=O) groups is 1. The van der Waals surface area contributed by atoms with Crippen LogP contribution < -0.4 is 10.1 Å². The largest absolute Gasteiger partial charge is 0.493 e. The van der Waals surface area contributed by atoms with Crippen LogP contribution in [-0.2, 0) is 0 Å². The molecule has 4 rings (SSSR count). The molecule has 26 heavy (non-hydrogen) atoms. The molecule has 1 aliphatic heterocycles. The Morgan fingerprint density at radius 3 is 2.73 bits per heavy atom. The second kappa shape index (κ2) is 6.81. The highest BCUT2D eigenvalue weighted by molar-refractivity contribution is 6.34. The molecule has 1 aliphatic rings. The van der Waals surface area contributed by atoms with Crippen LogP contribution in [0.2, 0.25) is 5.02 Å². The predicted octanol–water partition coefficient (Wildman–Crippen LogP) is 5.15. The van der Waals surface area contributed by atoms with Gasteiger partial charge in [-0.3, -0.25) is 4.79 Å². The van der Waals surface area contributed by atoms with E-state index in [1.807, 2.05) is 18.2 Å². The second-order valence-electron chi connectivity index (χ2n) is 6.33. The van der Waals surface area contributed by atoms with Gasteiger partial charge in [-0.15, -0.1) is 0 Å². The molecule has 1 N–H and O–H groups in total. The Bertz CT molecular complexity index is 970. The lowest BCUT2D eigenvalue weighted by molar-refractivity contribution is 0.102. The summed E-state index contributed by atoms with van der Waals surface area (Å²) in [6, 6.07) is 16.8. The fraction of sp³-hybridized carbons (Fsp3) is 0.143. The van der Waals surface area contributed by atoms with E-state index < -0.39 is 0 Å². The number of nitrogens with zero attached hydrogens (tertiary/aromatic N) is 1. The van der Waals surface area contributed by atoms with Crippen LogP contribution in [0.15, 0.2) is 60.8 Å². The maximum atomic E-state index is 12.3. The highest BCUT2D eigenvalue weighted by Crippen LogP contribution is 2.36. The van der Waals surface area contributed by atoms with Crippen molar-refractivity contribution in [1.82, 2.24) is 4.98 Å². The number of hydrogen-bond donors (Lipinski definition) is 1. The zero-order chi connectivity index (χ0) is 18.1. The average Bonchev–Trinajstić information content (AvgIpc) is 3.03. The van der Waals surface area contributed by atoms with Crippen LogP contribution in [0.25, 0.3) is 11.1 Å². The quantitative estimate of drug-likeness (QED) is 0.699. The minimum absolute atomic E-state index is 0.278. The Kier molecular flexibility index (Phi) is 4.35. The third kappa shape index (κ3) is 3.16. The number of anilines is 1. The molecular formula is C21H17ClN2O2. The van der Waals surface area contributed by atoms with Gasteiger partial charge < -0.3 is 10.1 Å². The number of nitrogens with one attached hydrogen (secondary N) is 1. The van der Waals surface area contributed by atoms with Gasteiger partial charge in [-0.1, -0.05) is 36.7 Å². The molecule has 0 spiro atoms. The fourth-order valence-electron chi connectivity index (χ4n) is 3.02. The minimum atomic E-state index is -0.278. The first-order valence-corrected chi connectivity index (χ1v) is 8.78. The summed E-state index contributed by atoms with van der Waals surface area (Å²) in [4.78, 5) is 16.7. The molecule has 0 aliphatic carbocycles. The van der Waals surface area contributed by atoms with Crippen molar-refractivity contribution >= 4 is 23.3 Å². The number of halogens is 1. The van der Waals surface area contributed by atoms with E-state index >= 15 is 0 Å².